The highest BCUT2D eigenvalue weighted by Crippen LogP contribution is 2.38. The van der Waals surface area contributed by atoms with E-state index in [-0.39, 0.29) is 32.2 Å². The number of allylic oxidation sites excluding steroid dienone is 22. The van der Waals surface area contributed by atoms with E-state index in [0.717, 1.165) is 148 Å². The zero-order valence-electron chi connectivity index (χ0n) is 43.0. The number of carbonyl (C=O) groups is 1. The smallest absolute Gasteiger partial charge is 0.306 e. The van der Waals surface area contributed by atoms with Crippen molar-refractivity contribution in [3.8, 4) is 0 Å². The van der Waals surface area contributed by atoms with E-state index in [1.807, 2.05) is 21.1 Å². The van der Waals surface area contributed by atoms with Crippen molar-refractivity contribution in [1.82, 2.24) is 0 Å². The average molecular weight is 950 g/mol. The number of esters is 1. The first-order valence-electron chi connectivity index (χ1n) is 25.9. The van der Waals surface area contributed by atoms with Crippen LogP contribution in [-0.2, 0) is 27.9 Å². The van der Waals surface area contributed by atoms with Gasteiger partial charge in [0.2, 0.25) is 0 Å². The molecule has 0 amide bonds. The molecule has 9 heteroatoms. The maximum absolute atomic E-state index is 12.8. The molecule has 0 saturated heterocycles. The Hall–Kier alpha value is -3.36. The fraction of sp³-hybridized carbons (Fsp3) is 0.603. The zero-order chi connectivity index (χ0) is 49.0. The number of phosphoric acid groups is 1. The number of unbranched alkanes of at least 4 members (excludes halogenated alkanes) is 10. The van der Waals surface area contributed by atoms with Crippen LogP contribution in [0, 0.1) is 0 Å². The molecule has 8 nitrogen and oxygen atoms in total. The Morgan fingerprint density at radius 1 is 0.463 bits per heavy atom. The molecule has 0 aromatic rings. The molecule has 2 atom stereocenters. The van der Waals surface area contributed by atoms with Crippen LogP contribution in [0.25, 0.3) is 0 Å². The van der Waals surface area contributed by atoms with Gasteiger partial charge >= 0.3 is 5.97 Å². The van der Waals surface area contributed by atoms with Gasteiger partial charge in [0.25, 0.3) is 7.82 Å². The minimum atomic E-state index is -4.56. The number of hydrogen-bond acceptors (Lipinski definition) is 7. The minimum absolute atomic E-state index is 0.00887. The quantitative estimate of drug-likeness (QED) is 0.0197. The highest BCUT2D eigenvalue weighted by atomic mass is 31.2. The second kappa shape index (κ2) is 49.1. The van der Waals surface area contributed by atoms with E-state index < -0.39 is 13.9 Å². The summed E-state index contributed by atoms with van der Waals surface area (Å²) >= 11 is 0. The molecule has 0 aromatic heterocycles. The van der Waals surface area contributed by atoms with E-state index >= 15 is 0 Å². The van der Waals surface area contributed by atoms with Gasteiger partial charge in [-0.15, -0.1) is 0 Å². The molecule has 0 aromatic carbocycles. The van der Waals surface area contributed by atoms with Crippen LogP contribution in [0.5, 0.6) is 0 Å². The Labute approximate surface area is 411 Å². The van der Waals surface area contributed by atoms with Crippen molar-refractivity contribution < 1.29 is 37.3 Å². The lowest BCUT2D eigenvalue weighted by Gasteiger charge is -2.28. The fourth-order valence-electron chi connectivity index (χ4n) is 6.28. The van der Waals surface area contributed by atoms with E-state index in [4.69, 9.17) is 18.5 Å². The second-order valence-corrected chi connectivity index (χ2v) is 19.2. The third-order valence-electron chi connectivity index (χ3n) is 10.2. The topological polar surface area (TPSA) is 94.1 Å². The Morgan fingerprint density at radius 2 is 0.821 bits per heavy atom. The lowest BCUT2D eigenvalue weighted by molar-refractivity contribution is -0.870. The van der Waals surface area contributed by atoms with Crippen molar-refractivity contribution in [2.24, 2.45) is 0 Å². The van der Waals surface area contributed by atoms with Gasteiger partial charge in [-0.3, -0.25) is 9.36 Å². The van der Waals surface area contributed by atoms with Crippen molar-refractivity contribution in [3.05, 3.63) is 134 Å². The first-order chi connectivity index (χ1) is 32.6. The van der Waals surface area contributed by atoms with Gasteiger partial charge in [-0.25, -0.2) is 0 Å². The molecule has 0 heterocycles. The van der Waals surface area contributed by atoms with Gasteiger partial charge in [0, 0.05) is 13.0 Å². The van der Waals surface area contributed by atoms with Crippen molar-refractivity contribution in [1.29, 1.82) is 0 Å². The summed E-state index contributed by atoms with van der Waals surface area (Å²) < 4.78 is 34.7. The first kappa shape index (κ1) is 63.6. The molecule has 2 unspecified atom stereocenters. The van der Waals surface area contributed by atoms with E-state index in [2.05, 4.69) is 148 Å². The molecular weight excluding hydrogens is 854 g/mol. The SMILES string of the molecule is CC/C=C\C/C=C\C/C=C\C/C=C\C/C=C\C/C=C\CCCCCCCOCC(COP(=O)([O-])OCC[N+](C)(C)C)OC(=O)CCCCCCC/C=C\C/C=C\C/C=C\C/C=C\C/C=C\CC. The Morgan fingerprint density at radius 3 is 1.22 bits per heavy atom. The standard InChI is InChI=1S/C58H96NO7P/c1-6-8-10-12-14-16-18-20-22-24-26-28-29-30-32-34-36-38-40-42-44-46-48-50-53-63-55-57(56-65-67(61,62)64-54-52-59(3,4)5)66-58(60)51-49-47-45-43-41-39-37-35-33-31-27-25-23-21-19-17-15-13-11-9-7-2/h8-11,14-17,20-23,26-28,30-32,35-38,57H,6-7,12-13,18-19,24-25,29,33-34,39-56H2,1-5H3/b10-8-,11-9-,16-14-,17-15-,22-20-,23-21-,28-26-,31-27-,32-30-,37-35-,38-36-. The molecule has 0 rings (SSSR count). The molecule has 0 saturated carbocycles. The van der Waals surface area contributed by atoms with Gasteiger partial charge in [0.15, 0.2) is 0 Å². The van der Waals surface area contributed by atoms with Gasteiger partial charge in [0.1, 0.15) is 19.3 Å². The van der Waals surface area contributed by atoms with Crippen molar-refractivity contribution in [2.45, 2.75) is 174 Å². The molecule has 0 spiro atoms. The summed E-state index contributed by atoms with van der Waals surface area (Å²) in [7, 11) is 1.30. The Bertz CT molecular complexity index is 1520. The normalized spacial score (nSPS) is 14.7. The summed E-state index contributed by atoms with van der Waals surface area (Å²) in [5.41, 5.74) is 0. The van der Waals surface area contributed by atoms with Crippen molar-refractivity contribution >= 4 is 13.8 Å². The van der Waals surface area contributed by atoms with E-state index in [9.17, 15) is 14.3 Å². The predicted octanol–water partition coefficient (Wildman–Crippen LogP) is 15.6. The van der Waals surface area contributed by atoms with Crippen LogP contribution in [0.15, 0.2) is 134 Å². The summed E-state index contributed by atoms with van der Waals surface area (Å²) in [5.74, 6) is -0.366. The molecule has 0 radical (unpaired) electrons. The maximum Gasteiger partial charge on any atom is 0.306 e. The monoisotopic (exact) mass is 950 g/mol. The van der Waals surface area contributed by atoms with Crippen LogP contribution in [0.4, 0.5) is 0 Å². The molecule has 0 bridgehead atoms. The van der Waals surface area contributed by atoms with Crippen LogP contribution >= 0.6 is 7.82 Å². The number of ether oxygens (including phenoxy) is 2. The molecule has 0 aliphatic carbocycles. The molecule has 67 heavy (non-hydrogen) atoms. The predicted molar refractivity (Wildman–Crippen MR) is 286 cm³/mol. The van der Waals surface area contributed by atoms with Crippen LogP contribution < -0.4 is 4.89 Å². The lowest BCUT2D eigenvalue weighted by Crippen LogP contribution is -2.37. The number of quaternary nitrogens is 1. The van der Waals surface area contributed by atoms with Crippen LogP contribution in [0.2, 0.25) is 0 Å². The van der Waals surface area contributed by atoms with Gasteiger partial charge in [0.05, 0.1) is 34.4 Å². The van der Waals surface area contributed by atoms with Crippen LogP contribution in [0.1, 0.15) is 168 Å². The molecule has 0 N–H and O–H groups in total. The lowest BCUT2D eigenvalue weighted by atomic mass is 10.1. The molecular formula is C58H96NO7P. The first-order valence-corrected chi connectivity index (χ1v) is 27.4. The minimum Gasteiger partial charge on any atom is -0.756 e. The largest absolute Gasteiger partial charge is 0.756 e. The van der Waals surface area contributed by atoms with Crippen LogP contribution in [0.3, 0.4) is 0 Å². The van der Waals surface area contributed by atoms with Gasteiger partial charge in [-0.2, -0.15) is 0 Å². The summed E-state index contributed by atoms with van der Waals surface area (Å²) in [6.45, 7) is 5.07. The van der Waals surface area contributed by atoms with E-state index in [0.29, 0.717) is 17.6 Å². The maximum atomic E-state index is 12.8. The Balaban J connectivity index is 4.28. The van der Waals surface area contributed by atoms with E-state index in [1.54, 1.807) is 0 Å². The molecule has 0 aliphatic heterocycles. The number of rotatable bonds is 46. The van der Waals surface area contributed by atoms with Crippen molar-refractivity contribution in [3.63, 3.8) is 0 Å². The number of hydrogen-bond donors (Lipinski definition) is 0. The van der Waals surface area contributed by atoms with Gasteiger partial charge in [-0.1, -0.05) is 186 Å². The zero-order valence-corrected chi connectivity index (χ0v) is 43.9. The summed E-state index contributed by atoms with van der Waals surface area (Å²) in [5, 5.41) is 0. The second-order valence-electron chi connectivity index (χ2n) is 17.8. The number of phosphoric ester groups is 1. The van der Waals surface area contributed by atoms with Gasteiger partial charge in [-0.05, 0) is 109 Å². The number of likely N-dealkylation sites (N-methyl/N-ethyl adjacent to an activating group) is 1. The molecule has 380 valence electrons. The third kappa shape index (κ3) is 53.5. The Kier molecular flexibility index (Phi) is 46.6. The summed E-state index contributed by atoms with van der Waals surface area (Å²) in [6.07, 6.45) is 71.9. The highest BCUT2D eigenvalue weighted by molar-refractivity contribution is 7.45. The average Bonchev–Trinajstić information content (AvgIpc) is 3.29. The number of nitrogens with zero attached hydrogens (tertiary/aromatic N) is 1. The molecule has 0 aliphatic rings. The summed E-state index contributed by atoms with van der Waals surface area (Å²) in [4.78, 5) is 25.2. The highest BCUT2D eigenvalue weighted by Gasteiger charge is 2.20. The molecule has 0 fully saturated rings. The van der Waals surface area contributed by atoms with Crippen LogP contribution in [-0.4, -0.2) is 70.7 Å². The third-order valence-corrected chi connectivity index (χ3v) is 11.2. The fourth-order valence-corrected chi connectivity index (χ4v) is 7.01. The van der Waals surface area contributed by atoms with E-state index in [1.165, 1.54) is 0 Å². The number of carbonyl (C=O) groups excluding carboxylic acids is 1. The summed E-state index contributed by atoms with van der Waals surface area (Å²) in [6, 6.07) is 0. The van der Waals surface area contributed by atoms with Gasteiger partial charge < -0.3 is 27.9 Å². The van der Waals surface area contributed by atoms with Crippen molar-refractivity contribution in [2.75, 3.05) is 54.1 Å².